The molecule has 110 valence electrons. The van der Waals surface area contributed by atoms with Gasteiger partial charge < -0.3 is 5.32 Å². The average Bonchev–Trinajstić information content (AvgIpc) is 2.87. The summed E-state index contributed by atoms with van der Waals surface area (Å²) >= 11 is 0. The summed E-state index contributed by atoms with van der Waals surface area (Å²) in [6, 6.07) is 4.47. The van der Waals surface area contributed by atoms with E-state index in [4.69, 9.17) is 0 Å². The Morgan fingerprint density at radius 2 is 1.80 bits per heavy atom. The second kappa shape index (κ2) is 5.48. The Labute approximate surface area is 123 Å². The second-order valence-electron chi connectivity index (χ2n) is 7.60. The van der Waals surface area contributed by atoms with Crippen LogP contribution < -0.4 is 5.32 Å². The van der Waals surface area contributed by atoms with Gasteiger partial charge >= 0.3 is 0 Å². The molecule has 0 unspecified atom stereocenters. The zero-order valence-corrected chi connectivity index (χ0v) is 13.0. The first kappa shape index (κ1) is 14.1. The Morgan fingerprint density at radius 3 is 2.40 bits per heavy atom. The Morgan fingerprint density at radius 1 is 1.15 bits per heavy atom. The third-order valence-electron chi connectivity index (χ3n) is 5.40. The lowest BCUT2D eigenvalue weighted by molar-refractivity contribution is 0.0266. The number of pyridine rings is 1. The van der Waals surface area contributed by atoms with Crippen LogP contribution in [0.5, 0.6) is 0 Å². The van der Waals surface area contributed by atoms with Crippen LogP contribution in [0.25, 0.3) is 0 Å². The van der Waals surface area contributed by atoms with Gasteiger partial charge in [0, 0.05) is 24.4 Å². The quantitative estimate of drug-likeness (QED) is 0.879. The minimum atomic E-state index is 0.377. The highest BCUT2D eigenvalue weighted by atomic mass is 14.9. The van der Waals surface area contributed by atoms with Crippen LogP contribution in [0.3, 0.4) is 0 Å². The predicted molar refractivity (Wildman–Crippen MR) is 83.8 cm³/mol. The summed E-state index contributed by atoms with van der Waals surface area (Å²) in [7, 11) is 0. The van der Waals surface area contributed by atoms with E-state index < -0.39 is 0 Å². The lowest BCUT2D eigenvalue weighted by Crippen LogP contribution is -2.54. The number of nitrogens with one attached hydrogen (secondary N) is 1. The molecule has 3 rings (SSSR count). The fourth-order valence-corrected chi connectivity index (χ4v) is 4.60. The zero-order chi connectivity index (χ0) is 14.1. The van der Waals surface area contributed by atoms with Gasteiger partial charge in [0.1, 0.15) is 0 Å². The van der Waals surface area contributed by atoms with Crippen molar-refractivity contribution in [2.75, 3.05) is 13.1 Å². The predicted octanol–water partition coefficient (Wildman–Crippen LogP) is 3.92. The van der Waals surface area contributed by atoms with Crippen LogP contribution in [-0.2, 0) is 5.41 Å². The molecule has 0 saturated heterocycles. The van der Waals surface area contributed by atoms with Crippen molar-refractivity contribution < 1.29 is 0 Å². The number of rotatable bonds is 5. The summed E-state index contributed by atoms with van der Waals surface area (Å²) in [6.07, 6.45) is 12.5. The Balaban J connectivity index is 1.72. The average molecular weight is 272 g/mol. The fourth-order valence-electron chi connectivity index (χ4n) is 4.60. The summed E-state index contributed by atoms with van der Waals surface area (Å²) in [5.41, 5.74) is 2.56. The molecule has 0 bridgehead atoms. The number of aromatic nitrogens is 1. The van der Waals surface area contributed by atoms with E-state index in [-0.39, 0.29) is 0 Å². The Hall–Kier alpha value is -0.890. The standard InChI is InChI=1S/C18H28N2/c1-15(2)11-20-14-18(16-5-9-19-10-6-16)12-17(13-18)7-3-4-8-17/h5-6,9-10,15,20H,3-4,7-8,11-14H2,1-2H3. The minimum absolute atomic E-state index is 0.377. The molecule has 1 aromatic rings. The van der Waals surface area contributed by atoms with E-state index in [0.29, 0.717) is 10.8 Å². The second-order valence-corrected chi connectivity index (χ2v) is 7.60. The van der Waals surface area contributed by atoms with Crippen LogP contribution in [-0.4, -0.2) is 18.1 Å². The summed E-state index contributed by atoms with van der Waals surface area (Å²) in [5.74, 6) is 0.727. The van der Waals surface area contributed by atoms with Crippen LogP contribution in [0, 0.1) is 11.3 Å². The zero-order valence-electron chi connectivity index (χ0n) is 13.0. The van der Waals surface area contributed by atoms with E-state index >= 15 is 0 Å². The molecule has 1 heterocycles. The molecule has 0 amide bonds. The summed E-state index contributed by atoms with van der Waals surface area (Å²) in [6.45, 7) is 6.83. The maximum atomic E-state index is 4.19. The van der Waals surface area contributed by atoms with E-state index in [2.05, 4.69) is 36.3 Å². The van der Waals surface area contributed by atoms with Gasteiger partial charge in [0.05, 0.1) is 0 Å². The van der Waals surface area contributed by atoms with Crippen molar-refractivity contribution in [3.05, 3.63) is 30.1 Å². The SMILES string of the molecule is CC(C)CNCC1(c2ccncc2)CC2(CCCC2)C1. The van der Waals surface area contributed by atoms with Gasteiger partial charge in [-0.25, -0.2) is 0 Å². The molecule has 0 atom stereocenters. The Kier molecular flexibility index (Phi) is 3.85. The van der Waals surface area contributed by atoms with Crippen molar-refractivity contribution in [2.24, 2.45) is 11.3 Å². The number of nitrogens with zero attached hydrogens (tertiary/aromatic N) is 1. The molecule has 0 aromatic carbocycles. The minimum Gasteiger partial charge on any atom is -0.316 e. The molecule has 1 spiro atoms. The lowest BCUT2D eigenvalue weighted by Gasteiger charge is -2.56. The fraction of sp³-hybridized carbons (Fsp3) is 0.722. The molecule has 0 aliphatic heterocycles. The highest BCUT2D eigenvalue weighted by molar-refractivity contribution is 5.30. The van der Waals surface area contributed by atoms with E-state index in [1.54, 1.807) is 0 Å². The molecule has 2 aliphatic rings. The molecule has 2 saturated carbocycles. The molecular weight excluding hydrogens is 244 g/mol. The van der Waals surface area contributed by atoms with Gasteiger partial charge in [0.15, 0.2) is 0 Å². The highest BCUT2D eigenvalue weighted by Gasteiger charge is 2.55. The molecule has 0 radical (unpaired) electrons. The van der Waals surface area contributed by atoms with E-state index in [1.165, 1.54) is 44.1 Å². The molecule has 2 heteroatoms. The maximum Gasteiger partial charge on any atom is 0.0270 e. The summed E-state index contributed by atoms with van der Waals surface area (Å²) in [4.78, 5) is 4.19. The van der Waals surface area contributed by atoms with Gasteiger partial charge in [-0.3, -0.25) is 4.98 Å². The van der Waals surface area contributed by atoms with E-state index in [9.17, 15) is 0 Å². The summed E-state index contributed by atoms with van der Waals surface area (Å²) in [5, 5.41) is 3.71. The van der Waals surface area contributed by atoms with Crippen LogP contribution in [0.2, 0.25) is 0 Å². The van der Waals surface area contributed by atoms with Gasteiger partial charge in [-0.2, -0.15) is 0 Å². The van der Waals surface area contributed by atoms with Crippen molar-refractivity contribution in [2.45, 2.75) is 57.8 Å². The van der Waals surface area contributed by atoms with E-state index in [1.807, 2.05) is 12.4 Å². The molecule has 2 nitrogen and oxygen atoms in total. The van der Waals surface area contributed by atoms with Crippen LogP contribution >= 0.6 is 0 Å². The first-order chi connectivity index (χ1) is 9.64. The molecule has 1 aromatic heterocycles. The topological polar surface area (TPSA) is 24.9 Å². The third-order valence-corrected chi connectivity index (χ3v) is 5.40. The normalized spacial score (nSPS) is 23.1. The monoisotopic (exact) mass is 272 g/mol. The molecule has 2 aliphatic carbocycles. The van der Waals surface area contributed by atoms with Crippen molar-refractivity contribution >= 4 is 0 Å². The van der Waals surface area contributed by atoms with Gasteiger partial charge in [-0.05, 0) is 61.3 Å². The van der Waals surface area contributed by atoms with Crippen molar-refractivity contribution in [1.29, 1.82) is 0 Å². The molecule has 2 fully saturated rings. The summed E-state index contributed by atoms with van der Waals surface area (Å²) < 4.78 is 0. The van der Waals surface area contributed by atoms with Crippen LogP contribution in [0.1, 0.15) is 57.9 Å². The first-order valence-corrected chi connectivity index (χ1v) is 8.26. The van der Waals surface area contributed by atoms with Gasteiger partial charge in [-0.15, -0.1) is 0 Å². The van der Waals surface area contributed by atoms with Crippen LogP contribution in [0.4, 0.5) is 0 Å². The van der Waals surface area contributed by atoms with Crippen molar-refractivity contribution in [3.8, 4) is 0 Å². The number of hydrogen-bond donors (Lipinski definition) is 1. The third kappa shape index (κ3) is 2.63. The van der Waals surface area contributed by atoms with Crippen LogP contribution in [0.15, 0.2) is 24.5 Å². The number of hydrogen-bond acceptors (Lipinski definition) is 2. The highest BCUT2D eigenvalue weighted by Crippen LogP contribution is 2.62. The van der Waals surface area contributed by atoms with Gasteiger partial charge in [0.2, 0.25) is 0 Å². The molecule has 20 heavy (non-hydrogen) atoms. The Bertz CT molecular complexity index is 424. The van der Waals surface area contributed by atoms with Gasteiger partial charge in [0.25, 0.3) is 0 Å². The van der Waals surface area contributed by atoms with Crippen molar-refractivity contribution in [3.63, 3.8) is 0 Å². The van der Waals surface area contributed by atoms with Gasteiger partial charge in [-0.1, -0.05) is 26.7 Å². The lowest BCUT2D eigenvalue weighted by atomic mass is 9.49. The smallest absolute Gasteiger partial charge is 0.0270 e. The maximum absolute atomic E-state index is 4.19. The first-order valence-electron chi connectivity index (χ1n) is 8.26. The molecule has 1 N–H and O–H groups in total. The largest absolute Gasteiger partial charge is 0.316 e. The molecular formula is C18H28N2. The van der Waals surface area contributed by atoms with E-state index in [0.717, 1.165) is 19.0 Å². The van der Waals surface area contributed by atoms with Crippen molar-refractivity contribution in [1.82, 2.24) is 10.3 Å².